The monoisotopic (exact) mass is 414 g/mol. The quantitative estimate of drug-likeness (QED) is 0.821. The second-order valence-electron chi connectivity index (χ2n) is 7.78. The molecule has 2 aliphatic rings. The third kappa shape index (κ3) is 3.76. The number of carbonyl (C=O) groups excluding carboxylic acids is 1. The van der Waals surface area contributed by atoms with Gasteiger partial charge in [0.2, 0.25) is 10.0 Å². The molecule has 2 aliphatic heterocycles. The van der Waals surface area contributed by atoms with Crippen LogP contribution in [0.3, 0.4) is 0 Å². The fraction of sp³-hybridized carbons (Fsp3) is 0.409. The number of nitrogens with one attached hydrogen (secondary N) is 1. The zero-order chi connectivity index (χ0) is 20.6. The highest BCUT2D eigenvalue weighted by atomic mass is 32.2. The predicted octanol–water partition coefficient (Wildman–Crippen LogP) is 4.00. The second-order valence-corrected chi connectivity index (χ2v) is 9.72. The molecule has 7 heteroatoms. The highest BCUT2D eigenvalue weighted by molar-refractivity contribution is 7.89. The molecule has 0 bridgehead atoms. The van der Waals surface area contributed by atoms with Gasteiger partial charge >= 0.3 is 0 Å². The Hall–Kier alpha value is -2.38. The van der Waals surface area contributed by atoms with Crippen LogP contribution in [0.15, 0.2) is 47.4 Å². The van der Waals surface area contributed by atoms with Crippen molar-refractivity contribution in [2.75, 3.05) is 18.4 Å². The highest BCUT2D eigenvalue weighted by Crippen LogP contribution is 2.40. The van der Waals surface area contributed by atoms with Gasteiger partial charge in [-0.25, -0.2) is 8.42 Å². The Kier molecular flexibility index (Phi) is 5.36. The van der Waals surface area contributed by atoms with Crippen molar-refractivity contribution < 1.29 is 17.9 Å². The summed E-state index contributed by atoms with van der Waals surface area (Å²) in [7, 11) is -3.55. The van der Waals surface area contributed by atoms with Crippen molar-refractivity contribution in [1.82, 2.24) is 4.31 Å². The SMILES string of the molecule is C[C@@H]1Oc2c(C(=O)Nc3cccc(S(=O)(=O)N4CCCCC4)c3)cccc2[C@H]1C. The summed E-state index contributed by atoms with van der Waals surface area (Å²) in [5, 5.41) is 2.83. The molecular weight excluding hydrogens is 388 g/mol. The van der Waals surface area contributed by atoms with Crippen LogP contribution < -0.4 is 10.1 Å². The summed E-state index contributed by atoms with van der Waals surface area (Å²) >= 11 is 0. The molecule has 2 aromatic carbocycles. The number of benzene rings is 2. The van der Waals surface area contributed by atoms with Crippen molar-refractivity contribution in [3.8, 4) is 5.75 Å². The number of hydrogen-bond donors (Lipinski definition) is 1. The van der Waals surface area contributed by atoms with E-state index in [1.54, 1.807) is 24.3 Å². The normalized spacial score (nSPS) is 22.0. The van der Waals surface area contributed by atoms with E-state index in [1.807, 2.05) is 19.1 Å². The molecule has 29 heavy (non-hydrogen) atoms. The fourth-order valence-electron chi connectivity index (χ4n) is 3.95. The third-order valence-corrected chi connectivity index (χ3v) is 7.73. The standard InChI is InChI=1S/C22H26N2O4S/c1-15-16(2)28-21-19(15)10-7-11-20(21)22(25)23-17-8-6-9-18(14-17)29(26,27)24-12-4-3-5-13-24/h6-11,14-16H,3-5,12-13H2,1-2H3,(H,23,25)/t15-,16-/m0/s1. The van der Waals surface area contributed by atoms with Crippen molar-refractivity contribution >= 4 is 21.6 Å². The molecule has 2 heterocycles. The Labute approximate surface area is 171 Å². The molecule has 0 radical (unpaired) electrons. The van der Waals surface area contributed by atoms with Gasteiger partial charge < -0.3 is 10.1 Å². The van der Waals surface area contributed by atoms with Crippen LogP contribution in [0.25, 0.3) is 0 Å². The van der Waals surface area contributed by atoms with Gasteiger partial charge in [0.25, 0.3) is 5.91 Å². The number of fused-ring (bicyclic) bond motifs is 1. The maximum Gasteiger partial charge on any atom is 0.259 e. The maximum atomic E-state index is 12.9. The van der Waals surface area contributed by atoms with Crippen LogP contribution in [-0.4, -0.2) is 37.8 Å². The van der Waals surface area contributed by atoms with Gasteiger partial charge in [0.15, 0.2) is 0 Å². The number of para-hydroxylation sites is 1. The number of rotatable bonds is 4. The summed E-state index contributed by atoms with van der Waals surface area (Å²) in [6.45, 7) is 5.15. The van der Waals surface area contributed by atoms with E-state index in [0.29, 0.717) is 30.1 Å². The van der Waals surface area contributed by atoms with Crippen molar-refractivity contribution in [3.05, 3.63) is 53.6 Å². The smallest absolute Gasteiger partial charge is 0.259 e. The van der Waals surface area contributed by atoms with E-state index in [4.69, 9.17) is 4.74 Å². The molecular formula is C22H26N2O4S. The van der Waals surface area contributed by atoms with Gasteiger partial charge in [0.1, 0.15) is 11.9 Å². The van der Waals surface area contributed by atoms with E-state index in [2.05, 4.69) is 12.2 Å². The Balaban J connectivity index is 1.57. The van der Waals surface area contributed by atoms with Gasteiger partial charge in [-0.05, 0) is 44.0 Å². The lowest BCUT2D eigenvalue weighted by Crippen LogP contribution is -2.35. The minimum atomic E-state index is -3.55. The van der Waals surface area contributed by atoms with Gasteiger partial charge in [-0.2, -0.15) is 4.31 Å². The number of hydrogen-bond acceptors (Lipinski definition) is 4. The van der Waals surface area contributed by atoms with E-state index in [9.17, 15) is 13.2 Å². The molecule has 0 aliphatic carbocycles. The Bertz CT molecular complexity index is 1030. The molecule has 0 unspecified atom stereocenters. The van der Waals surface area contributed by atoms with Crippen molar-refractivity contribution in [2.24, 2.45) is 0 Å². The number of anilines is 1. The molecule has 1 fully saturated rings. The average Bonchev–Trinajstić information content (AvgIpc) is 3.03. The number of nitrogens with zero attached hydrogens (tertiary/aromatic N) is 1. The Morgan fingerprint density at radius 3 is 2.55 bits per heavy atom. The zero-order valence-corrected chi connectivity index (χ0v) is 17.5. The molecule has 0 saturated carbocycles. The van der Waals surface area contributed by atoms with Gasteiger partial charge in [-0.3, -0.25) is 4.79 Å². The zero-order valence-electron chi connectivity index (χ0n) is 16.7. The average molecular weight is 415 g/mol. The summed E-state index contributed by atoms with van der Waals surface area (Å²) in [4.78, 5) is 13.1. The summed E-state index contributed by atoms with van der Waals surface area (Å²) < 4.78 is 33.3. The van der Waals surface area contributed by atoms with E-state index < -0.39 is 10.0 Å². The first-order valence-electron chi connectivity index (χ1n) is 10.1. The molecule has 1 saturated heterocycles. The summed E-state index contributed by atoms with van der Waals surface area (Å²) in [5.74, 6) is 0.522. The molecule has 6 nitrogen and oxygen atoms in total. The fourth-order valence-corrected chi connectivity index (χ4v) is 5.52. The second kappa shape index (κ2) is 7.80. The van der Waals surface area contributed by atoms with E-state index in [1.165, 1.54) is 10.4 Å². The first kappa shape index (κ1) is 19.9. The van der Waals surface area contributed by atoms with E-state index >= 15 is 0 Å². The minimum absolute atomic E-state index is 0.0111. The van der Waals surface area contributed by atoms with Crippen LogP contribution in [0.5, 0.6) is 5.75 Å². The van der Waals surface area contributed by atoms with Gasteiger partial charge in [-0.1, -0.05) is 31.5 Å². The summed E-state index contributed by atoms with van der Waals surface area (Å²) in [5.41, 5.74) is 1.93. The van der Waals surface area contributed by atoms with Gasteiger partial charge in [0, 0.05) is 30.3 Å². The Morgan fingerprint density at radius 1 is 1.07 bits per heavy atom. The lowest BCUT2D eigenvalue weighted by molar-refractivity contribution is 0.102. The van der Waals surface area contributed by atoms with Crippen LogP contribution in [-0.2, 0) is 10.0 Å². The van der Waals surface area contributed by atoms with Crippen molar-refractivity contribution in [1.29, 1.82) is 0 Å². The molecule has 0 aromatic heterocycles. The third-order valence-electron chi connectivity index (χ3n) is 5.83. The molecule has 1 amide bonds. The maximum absolute atomic E-state index is 12.9. The molecule has 154 valence electrons. The topological polar surface area (TPSA) is 75.7 Å². The lowest BCUT2D eigenvalue weighted by Gasteiger charge is -2.26. The minimum Gasteiger partial charge on any atom is -0.489 e. The number of amides is 1. The number of ether oxygens (including phenoxy) is 1. The van der Waals surface area contributed by atoms with Gasteiger partial charge in [0.05, 0.1) is 10.5 Å². The number of piperidine rings is 1. The van der Waals surface area contributed by atoms with Crippen LogP contribution in [0, 0.1) is 0 Å². The molecule has 2 atom stereocenters. The number of carbonyl (C=O) groups is 1. The van der Waals surface area contributed by atoms with Crippen LogP contribution in [0.1, 0.15) is 54.9 Å². The van der Waals surface area contributed by atoms with Crippen LogP contribution >= 0.6 is 0 Å². The molecule has 4 rings (SSSR count). The molecule has 2 aromatic rings. The van der Waals surface area contributed by atoms with Crippen LogP contribution in [0.4, 0.5) is 5.69 Å². The van der Waals surface area contributed by atoms with E-state index in [-0.39, 0.29) is 22.8 Å². The largest absolute Gasteiger partial charge is 0.489 e. The number of sulfonamides is 1. The Morgan fingerprint density at radius 2 is 1.79 bits per heavy atom. The highest BCUT2D eigenvalue weighted by Gasteiger charge is 2.31. The van der Waals surface area contributed by atoms with Crippen molar-refractivity contribution in [2.45, 2.75) is 50.0 Å². The van der Waals surface area contributed by atoms with Crippen molar-refractivity contribution in [3.63, 3.8) is 0 Å². The van der Waals surface area contributed by atoms with Gasteiger partial charge in [-0.15, -0.1) is 0 Å². The summed E-state index contributed by atoms with van der Waals surface area (Å²) in [6.07, 6.45) is 2.83. The first-order valence-corrected chi connectivity index (χ1v) is 11.5. The summed E-state index contributed by atoms with van der Waals surface area (Å²) in [6, 6.07) is 12.0. The lowest BCUT2D eigenvalue weighted by atomic mass is 9.97. The van der Waals surface area contributed by atoms with E-state index in [0.717, 1.165) is 24.8 Å². The first-order chi connectivity index (χ1) is 13.9. The predicted molar refractivity (Wildman–Crippen MR) is 112 cm³/mol. The molecule has 0 spiro atoms. The molecule has 1 N–H and O–H groups in total. The van der Waals surface area contributed by atoms with Crippen LogP contribution in [0.2, 0.25) is 0 Å².